The monoisotopic (exact) mass is 297 g/mol. The zero-order valence-corrected chi connectivity index (χ0v) is 11.7. The second kappa shape index (κ2) is 5.90. The number of methoxy groups -OCH3 is 1. The smallest absolute Gasteiger partial charge is 0.344 e. The van der Waals surface area contributed by atoms with Crippen molar-refractivity contribution < 1.29 is 27.6 Å². The second-order valence-electron chi connectivity index (χ2n) is 4.15. The third-order valence-electron chi connectivity index (χ3n) is 2.83. The van der Waals surface area contributed by atoms with Crippen molar-refractivity contribution in [2.45, 2.75) is 13.8 Å². The van der Waals surface area contributed by atoms with Gasteiger partial charge in [0, 0.05) is 12.1 Å². The lowest BCUT2D eigenvalue weighted by atomic mass is 10.0. The molecular formula is C14H13F2NO4. The molecule has 21 heavy (non-hydrogen) atoms. The van der Waals surface area contributed by atoms with Crippen LogP contribution in [0.2, 0.25) is 0 Å². The summed E-state index contributed by atoms with van der Waals surface area (Å²) < 4.78 is 42.6. The first-order chi connectivity index (χ1) is 9.99. The van der Waals surface area contributed by atoms with Gasteiger partial charge in [-0.15, -0.1) is 0 Å². The van der Waals surface area contributed by atoms with Crippen molar-refractivity contribution >= 4 is 5.97 Å². The highest BCUT2D eigenvalue weighted by molar-refractivity contribution is 5.97. The number of hydrogen-bond donors (Lipinski definition) is 0. The summed E-state index contributed by atoms with van der Waals surface area (Å²) in [4.78, 5) is 11.9. The van der Waals surface area contributed by atoms with Crippen LogP contribution in [0.5, 0.6) is 5.75 Å². The van der Waals surface area contributed by atoms with Gasteiger partial charge in [0.15, 0.2) is 0 Å². The molecule has 5 nitrogen and oxygen atoms in total. The lowest BCUT2D eigenvalue weighted by Gasteiger charge is -2.07. The highest BCUT2D eigenvalue weighted by atomic mass is 19.1. The first kappa shape index (κ1) is 15.0. The van der Waals surface area contributed by atoms with Gasteiger partial charge in [-0.05, 0) is 13.8 Å². The molecule has 0 saturated carbocycles. The molecule has 1 aromatic heterocycles. The van der Waals surface area contributed by atoms with Gasteiger partial charge >= 0.3 is 5.97 Å². The normalized spacial score (nSPS) is 10.5. The van der Waals surface area contributed by atoms with Crippen LogP contribution in [0.1, 0.15) is 23.0 Å². The molecule has 112 valence electrons. The molecule has 0 unspecified atom stereocenters. The summed E-state index contributed by atoms with van der Waals surface area (Å²) >= 11 is 0. The number of ether oxygens (including phenoxy) is 2. The molecule has 0 bridgehead atoms. The van der Waals surface area contributed by atoms with Crippen molar-refractivity contribution in [1.29, 1.82) is 0 Å². The average Bonchev–Trinajstić information content (AvgIpc) is 2.80. The number of nitrogens with zero attached hydrogens (tertiary/aromatic N) is 1. The van der Waals surface area contributed by atoms with Crippen LogP contribution in [0, 0.1) is 18.6 Å². The molecule has 0 N–H and O–H groups in total. The van der Waals surface area contributed by atoms with Crippen LogP contribution in [0.25, 0.3) is 11.3 Å². The largest absolute Gasteiger partial charge is 0.497 e. The summed E-state index contributed by atoms with van der Waals surface area (Å²) in [5, 5.41) is 3.57. The first-order valence-electron chi connectivity index (χ1n) is 6.16. The van der Waals surface area contributed by atoms with E-state index in [1.165, 1.54) is 14.0 Å². The summed E-state index contributed by atoms with van der Waals surface area (Å²) in [5.74, 6) is -2.43. The quantitative estimate of drug-likeness (QED) is 0.811. The van der Waals surface area contributed by atoms with Crippen LogP contribution in [0.15, 0.2) is 16.7 Å². The van der Waals surface area contributed by atoms with E-state index in [0.717, 1.165) is 12.1 Å². The van der Waals surface area contributed by atoms with E-state index in [0.29, 0.717) is 0 Å². The second-order valence-corrected chi connectivity index (χ2v) is 4.15. The Morgan fingerprint density at radius 1 is 1.33 bits per heavy atom. The number of esters is 1. The third kappa shape index (κ3) is 2.72. The predicted octanol–water partition coefficient (Wildman–Crippen LogP) is 3.11. The van der Waals surface area contributed by atoms with E-state index < -0.39 is 23.2 Å². The lowest BCUT2D eigenvalue weighted by molar-refractivity contribution is 0.0525. The zero-order valence-electron chi connectivity index (χ0n) is 11.7. The number of aromatic nitrogens is 1. The van der Waals surface area contributed by atoms with Crippen LogP contribution in [-0.2, 0) is 4.74 Å². The van der Waals surface area contributed by atoms with E-state index in [-0.39, 0.29) is 29.4 Å². The van der Waals surface area contributed by atoms with E-state index in [4.69, 9.17) is 14.0 Å². The summed E-state index contributed by atoms with van der Waals surface area (Å²) in [7, 11) is 1.29. The number of carbonyl (C=O) groups excluding carboxylic acids is 1. The highest BCUT2D eigenvalue weighted by Gasteiger charge is 2.27. The molecule has 0 atom stereocenters. The van der Waals surface area contributed by atoms with Gasteiger partial charge in [0.2, 0.25) is 0 Å². The maximum Gasteiger partial charge on any atom is 0.344 e. The molecule has 0 fully saturated rings. The van der Waals surface area contributed by atoms with E-state index in [1.54, 1.807) is 6.92 Å². The van der Waals surface area contributed by atoms with Crippen LogP contribution in [-0.4, -0.2) is 24.8 Å². The molecular weight excluding hydrogens is 284 g/mol. The van der Waals surface area contributed by atoms with E-state index in [9.17, 15) is 13.6 Å². The van der Waals surface area contributed by atoms with Crippen LogP contribution in [0.3, 0.4) is 0 Å². The Morgan fingerprint density at radius 2 is 1.95 bits per heavy atom. The molecule has 0 saturated heterocycles. The molecule has 0 amide bonds. The van der Waals surface area contributed by atoms with Gasteiger partial charge in [-0.2, -0.15) is 0 Å². The fourth-order valence-electron chi connectivity index (χ4n) is 1.88. The standard InChI is InChI=1S/C14H13F2NO4/c1-4-20-14(18)11-7(2)21-17-13(11)12-9(15)5-8(19-3)6-10(12)16/h5-6H,4H2,1-3H3. The summed E-state index contributed by atoms with van der Waals surface area (Å²) in [5.41, 5.74) is -0.792. The van der Waals surface area contributed by atoms with Crippen molar-refractivity contribution in [3.8, 4) is 17.0 Å². The maximum atomic E-state index is 14.1. The lowest BCUT2D eigenvalue weighted by Crippen LogP contribution is -2.07. The van der Waals surface area contributed by atoms with E-state index in [2.05, 4.69) is 5.16 Å². The average molecular weight is 297 g/mol. The Bertz CT molecular complexity index is 659. The minimum absolute atomic E-state index is 0.0200. The number of hydrogen-bond acceptors (Lipinski definition) is 5. The topological polar surface area (TPSA) is 61.6 Å². The minimum atomic E-state index is -0.911. The Labute approximate surface area is 119 Å². The highest BCUT2D eigenvalue weighted by Crippen LogP contribution is 2.32. The predicted molar refractivity (Wildman–Crippen MR) is 69.1 cm³/mol. The fourth-order valence-corrected chi connectivity index (χ4v) is 1.88. The molecule has 1 heterocycles. The van der Waals surface area contributed by atoms with Gasteiger partial charge in [0.25, 0.3) is 0 Å². The van der Waals surface area contributed by atoms with E-state index in [1.807, 2.05) is 0 Å². The molecule has 0 aliphatic rings. The zero-order chi connectivity index (χ0) is 15.6. The van der Waals surface area contributed by atoms with Gasteiger partial charge < -0.3 is 14.0 Å². The number of carbonyl (C=O) groups is 1. The molecule has 1 aromatic carbocycles. The number of aryl methyl sites for hydroxylation is 1. The van der Waals surface area contributed by atoms with Crippen LogP contribution in [0.4, 0.5) is 8.78 Å². The van der Waals surface area contributed by atoms with Gasteiger partial charge in [-0.3, -0.25) is 0 Å². The Kier molecular flexibility index (Phi) is 4.21. The molecule has 2 rings (SSSR count). The SMILES string of the molecule is CCOC(=O)c1c(-c2c(F)cc(OC)cc2F)noc1C. The Morgan fingerprint density at radius 3 is 2.48 bits per heavy atom. The molecule has 0 aliphatic heterocycles. The van der Waals surface area contributed by atoms with Gasteiger partial charge in [0.05, 0.1) is 19.3 Å². The first-order valence-corrected chi connectivity index (χ1v) is 6.16. The summed E-state index contributed by atoms with van der Waals surface area (Å²) in [6.45, 7) is 3.20. The van der Waals surface area contributed by atoms with Crippen molar-refractivity contribution in [3.63, 3.8) is 0 Å². The fraction of sp³-hybridized carbons (Fsp3) is 0.286. The van der Waals surface area contributed by atoms with Gasteiger partial charge in [0.1, 0.15) is 34.4 Å². The van der Waals surface area contributed by atoms with Crippen molar-refractivity contribution in [2.24, 2.45) is 0 Å². The van der Waals surface area contributed by atoms with Crippen molar-refractivity contribution in [1.82, 2.24) is 5.16 Å². The minimum Gasteiger partial charge on any atom is -0.497 e. The number of benzene rings is 1. The van der Waals surface area contributed by atoms with Crippen LogP contribution < -0.4 is 4.74 Å². The molecule has 0 aliphatic carbocycles. The van der Waals surface area contributed by atoms with Gasteiger partial charge in [-0.1, -0.05) is 5.16 Å². The van der Waals surface area contributed by atoms with Crippen molar-refractivity contribution in [2.75, 3.05) is 13.7 Å². The maximum absolute atomic E-state index is 14.1. The summed E-state index contributed by atoms with van der Waals surface area (Å²) in [6.07, 6.45) is 0. The Balaban J connectivity index is 2.61. The molecule has 0 spiro atoms. The van der Waals surface area contributed by atoms with E-state index >= 15 is 0 Å². The van der Waals surface area contributed by atoms with Gasteiger partial charge in [-0.25, -0.2) is 13.6 Å². The van der Waals surface area contributed by atoms with Crippen LogP contribution >= 0.6 is 0 Å². The molecule has 2 aromatic rings. The number of rotatable bonds is 4. The molecule has 7 heteroatoms. The third-order valence-corrected chi connectivity index (χ3v) is 2.83. The number of halogens is 2. The van der Waals surface area contributed by atoms with Crippen molar-refractivity contribution in [3.05, 3.63) is 35.1 Å². The Hall–Kier alpha value is -2.44. The summed E-state index contributed by atoms with van der Waals surface area (Å²) in [6, 6.07) is 1.99. The molecule has 0 radical (unpaired) electrons.